The first-order valence-corrected chi connectivity index (χ1v) is 11.3. The van der Waals surface area contributed by atoms with E-state index in [4.69, 9.17) is 16.0 Å². The number of carbonyl (C=O) groups excluding carboxylic acids is 1. The van der Waals surface area contributed by atoms with Crippen LogP contribution in [0.25, 0.3) is 5.65 Å². The standard InChI is InChI=1S/C21H18ClN5O4S/c1-14-20(27-13-15(22)7-10-19(27)25-14)21(28)26-23-11-16-8-9-17(31-16)12-24-32(29,30)18-5-3-2-4-6-18/h2-11,13,24H,12H2,1H3,(H,26,28)/b23-11+. The lowest BCUT2D eigenvalue weighted by Gasteiger charge is -2.04. The van der Waals surface area contributed by atoms with Crippen LogP contribution in [0.1, 0.15) is 27.7 Å². The quantitative estimate of drug-likeness (QED) is 0.317. The zero-order valence-electron chi connectivity index (χ0n) is 16.8. The number of hydrazone groups is 1. The summed E-state index contributed by atoms with van der Waals surface area (Å²) in [5.41, 5.74) is 3.87. The normalized spacial score (nSPS) is 11.9. The van der Waals surface area contributed by atoms with Crippen LogP contribution in [-0.4, -0.2) is 29.9 Å². The molecule has 0 radical (unpaired) electrons. The highest BCUT2D eigenvalue weighted by molar-refractivity contribution is 7.89. The summed E-state index contributed by atoms with van der Waals surface area (Å²) in [4.78, 5) is 17.0. The van der Waals surface area contributed by atoms with Crippen LogP contribution in [0.2, 0.25) is 5.02 Å². The van der Waals surface area contributed by atoms with Gasteiger partial charge in [0.2, 0.25) is 10.0 Å². The molecular weight excluding hydrogens is 454 g/mol. The van der Waals surface area contributed by atoms with Gasteiger partial charge in [-0.15, -0.1) is 0 Å². The van der Waals surface area contributed by atoms with Crippen LogP contribution >= 0.6 is 11.6 Å². The zero-order chi connectivity index (χ0) is 22.7. The Morgan fingerprint density at radius 1 is 1.19 bits per heavy atom. The van der Waals surface area contributed by atoms with Gasteiger partial charge in [-0.1, -0.05) is 29.8 Å². The van der Waals surface area contributed by atoms with E-state index >= 15 is 0 Å². The van der Waals surface area contributed by atoms with Gasteiger partial charge >= 0.3 is 0 Å². The van der Waals surface area contributed by atoms with Gasteiger partial charge in [-0.2, -0.15) is 5.10 Å². The number of fused-ring (bicyclic) bond motifs is 1. The summed E-state index contributed by atoms with van der Waals surface area (Å²) in [7, 11) is -3.65. The monoisotopic (exact) mass is 471 g/mol. The fourth-order valence-corrected chi connectivity index (χ4v) is 4.20. The number of aryl methyl sites for hydroxylation is 1. The molecule has 0 unspecified atom stereocenters. The van der Waals surface area contributed by atoms with Gasteiger partial charge in [0.05, 0.1) is 28.4 Å². The number of sulfonamides is 1. The Bertz CT molecular complexity index is 1410. The number of hydrogen-bond donors (Lipinski definition) is 2. The number of nitrogens with one attached hydrogen (secondary N) is 2. The Balaban J connectivity index is 1.39. The number of imidazole rings is 1. The first-order chi connectivity index (χ1) is 15.3. The maximum absolute atomic E-state index is 12.6. The van der Waals surface area contributed by atoms with Crippen LogP contribution in [0.3, 0.4) is 0 Å². The molecule has 2 N–H and O–H groups in total. The number of furan rings is 1. The van der Waals surface area contributed by atoms with E-state index in [9.17, 15) is 13.2 Å². The van der Waals surface area contributed by atoms with Gasteiger partial charge in [-0.05, 0) is 43.3 Å². The SMILES string of the molecule is Cc1nc2ccc(Cl)cn2c1C(=O)N/N=C/c1ccc(CNS(=O)(=O)c2ccccc2)o1. The van der Waals surface area contributed by atoms with E-state index in [1.165, 1.54) is 18.3 Å². The van der Waals surface area contributed by atoms with E-state index in [0.29, 0.717) is 33.6 Å². The molecule has 0 aliphatic carbocycles. The summed E-state index contributed by atoms with van der Waals surface area (Å²) in [6, 6.07) is 14.7. The van der Waals surface area contributed by atoms with Gasteiger partial charge in [0.15, 0.2) is 0 Å². The molecule has 1 aromatic carbocycles. The molecule has 4 aromatic rings. The maximum Gasteiger partial charge on any atom is 0.290 e. The number of hydrogen-bond acceptors (Lipinski definition) is 6. The van der Waals surface area contributed by atoms with E-state index in [-0.39, 0.29) is 11.4 Å². The minimum Gasteiger partial charge on any atom is -0.459 e. The minimum absolute atomic E-state index is 0.0286. The average Bonchev–Trinajstić information content (AvgIpc) is 3.36. The number of aromatic nitrogens is 2. The van der Waals surface area contributed by atoms with Crippen molar-refractivity contribution in [3.8, 4) is 0 Å². The molecular formula is C21H18ClN5O4S. The summed E-state index contributed by atoms with van der Waals surface area (Å²) in [6.45, 7) is 1.69. The summed E-state index contributed by atoms with van der Waals surface area (Å²) >= 11 is 6.01. The lowest BCUT2D eigenvalue weighted by molar-refractivity contribution is 0.0948. The number of nitrogens with zero attached hydrogens (tertiary/aromatic N) is 3. The molecule has 0 saturated heterocycles. The second kappa shape index (κ2) is 8.95. The number of carbonyl (C=O) groups is 1. The van der Waals surface area contributed by atoms with Crippen molar-refractivity contribution in [1.29, 1.82) is 0 Å². The van der Waals surface area contributed by atoms with Crippen molar-refractivity contribution in [2.24, 2.45) is 5.10 Å². The molecule has 3 aromatic heterocycles. The summed E-state index contributed by atoms with van der Waals surface area (Å²) in [5, 5.41) is 4.38. The molecule has 0 saturated carbocycles. The van der Waals surface area contributed by atoms with E-state index in [1.807, 2.05) is 0 Å². The molecule has 9 nitrogen and oxygen atoms in total. The number of halogens is 1. The van der Waals surface area contributed by atoms with Crippen molar-refractivity contribution in [2.75, 3.05) is 0 Å². The third-order valence-corrected chi connectivity index (χ3v) is 6.14. The number of amides is 1. The van der Waals surface area contributed by atoms with E-state index in [1.54, 1.807) is 60.0 Å². The lowest BCUT2D eigenvalue weighted by atomic mass is 10.3. The lowest BCUT2D eigenvalue weighted by Crippen LogP contribution is -2.22. The van der Waals surface area contributed by atoms with Crippen LogP contribution in [-0.2, 0) is 16.6 Å². The highest BCUT2D eigenvalue weighted by Gasteiger charge is 2.17. The Morgan fingerprint density at radius 2 is 1.97 bits per heavy atom. The predicted octanol–water partition coefficient (Wildman–Crippen LogP) is 3.13. The fourth-order valence-electron chi connectivity index (χ4n) is 3.03. The molecule has 11 heteroatoms. The van der Waals surface area contributed by atoms with Gasteiger partial charge in [0, 0.05) is 6.20 Å². The van der Waals surface area contributed by atoms with Crippen molar-refractivity contribution < 1.29 is 17.6 Å². The van der Waals surface area contributed by atoms with Crippen molar-refractivity contribution in [1.82, 2.24) is 19.5 Å². The first-order valence-electron chi connectivity index (χ1n) is 9.44. The second-order valence-corrected chi connectivity index (χ2v) is 8.97. The minimum atomic E-state index is -3.65. The first kappa shape index (κ1) is 21.8. The highest BCUT2D eigenvalue weighted by atomic mass is 35.5. The number of benzene rings is 1. The van der Waals surface area contributed by atoms with Gasteiger partial charge in [-0.25, -0.2) is 23.5 Å². The van der Waals surface area contributed by atoms with Crippen molar-refractivity contribution in [3.05, 3.63) is 88.7 Å². The largest absolute Gasteiger partial charge is 0.459 e. The molecule has 0 aliphatic rings. The molecule has 0 bridgehead atoms. The molecule has 4 rings (SSSR count). The fraction of sp³-hybridized carbons (Fsp3) is 0.0952. The van der Waals surface area contributed by atoms with Crippen LogP contribution in [0, 0.1) is 6.92 Å². The third-order valence-electron chi connectivity index (χ3n) is 4.50. The maximum atomic E-state index is 12.6. The van der Waals surface area contributed by atoms with Crippen molar-refractivity contribution in [3.63, 3.8) is 0 Å². The molecule has 0 atom stereocenters. The van der Waals surface area contributed by atoms with Crippen molar-refractivity contribution >= 4 is 39.4 Å². The van der Waals surface area contributed by atoms with Gasteiger partial charge < -0.3 is 4.42 Å². The summed E-state index contributed by atoms with van der Waals surface area (Å²) < 4.78 is 34.1. The molecule has 3 heterocycles. The van der Waals surface area contributed by atoms with Gasteiger partial charge in [0.25, 0.3) is 5.91 Å². The molecule has 32 heavy (non-hydrogen) atoms. The van der Waals surface area contributed by atoms with Crippen LogP contribution in [0.5, 0.6) is 0 Å². The predicted molar refractivity (Wildman–Crippen MR) is 119 cm³/mol. The zero-order valence-corrected chi connectivity index (χ0v) is 18.4. The molecule has 1 amide bonds. The van der Waals surface area contributed by atoms with E-state index < -0.39 is 15.9 Å². The summed E-state index contributed by atoms with van der Waals surface area (Å²) in [5.74, 6) is 0.276. The Hall–Kier alpha value is -3.47. The van der Waals surface area contributed by atoms with Crippen LogP contribution in [0.15, 0.2) is 75.2 Å². The van der Waals surface area contributed by atoms with Crippen LogP contribution < -0.4 is 10.1 Å². The average molecular weight is 472 g/mol. The highest BCUT2D eigenvalue weighted by Crippen LogP contribution is 2.16. The number of pyridine rings is 1. The second-order valence-electron chi connectivity index (χ2n) is 6.76. The van der Waals surface area contributed by atoms with E-state index in [2.05, 4.69) is 20.2 Å². The molecule has 0 spiro atoms. The topological polar surface area (TPSA) is 118 Å². The Kier molecular flexibility index (Phi) is 6.08. The van der Waals surface area contributed by atoms with Crippen LogP contribution in [0.4, 0.5) is 0 Å². The Morgan fingerprint density at radius 3 is 2.75 bits per heavy atom. The molecule has 0 fully saturated rings. The van der Waals surface area contributed by atoms with Gasteiger partial charge in [0.1, 0.15) is 22.9 Å². The van der Waals surface area contributed by atoms with Crippen molar-refractivity contribution in [2.45, 2.75) is 18.4 Å². The summed E-state index contributed by atoms with van der Waals surface area (Å²) in [6.07, 6.45) is 2.92. The molecule has 0 aliphatic heterocycles. The van der Waals surface area contributed by atoms with Gasteiger partial charge in [-0.3, -0.25) is 9.20 Å². The Labute approximate surface area is 188 Å². The van der Waals surface area contributed by atoms with E-state index in [0.717, 1.165) is 0 Å². The third kappa shape index (κ3) is 4.72. The smallest absolute Gasteiger partial charge is 0.290 e. The number of rotatable bonds is 7. The molecule has 164 valence electrons.